The first-order chi connectivity index (χ1) is 11.0. The number of nitrogens with one attached hydrogen (secondary N) is 1. The standard InChI is InChI=1S/C16H23N3O4/c1-11(2)19-10-12(8-15(19)20)16(21)18-13-4-5-14(17-9-13)23-7-6-22-3/h4-5,9,11-12H,6-8,10H2,1-3H3,(H,18,21)/t12-/m1/s1. The zero-order valence-electron chi connectivity index (χ0n) is 13.7. The maximum atomic E-state index is 12.3. The third kappa shape index (κ3) is 4.66. The van der Waals surface area contributed by atoms with Gasteiger partial charge in [0.2, 0.25) is 17.7 Å². The lowest BCUT2D eigenvalue weighted by Crippen LogP contribution is -2.33. The summed E-state index contributed by atoms with van der Waals surface area (Å²) in [7, 11) is 1.60. The number of likely N-dealkylation sites (tertiary alicyclic amines) is 1. The van der Waals surface area contributed by atoms with Crippen LogP contribution in [0.5, 0.6) is 5.88 Å². The molecule has 1 N–H and O–H groups in total. The summed E-state index contributed by atoms with van der Waals surface area (Å²) in [4.78, 5) is 30.0. The van der Waals surface area contributed by atoms with Crippen LogP contribution >= 0.6 is 0 Å². The van der Waals surface area contributed by atoms with E-state index in [0.717, 1.165) is 0 Å². The van der Waals surface area contributed by atoms with E-state index in [0.29, 0.717) is 31.3 Å². The van der Waals surface area contributed by atoms with E-state index in [9.17, 15) is 9.59 Å². The lowest BCUT2D eigenvalue weighted by Gasteiger charge is -2.20. The van der Waals surface area contributed by atoms with Crippen LogP contribution in [0.1, 0.15) is 20.3 Å². The third-order valence-corrected chi connectivity index (χ3v) is 3.69. The molecular formula is C16H23N3O4. The van der Waals surface area contributed by atoms with E-state index in [1.807, 2.05) is 13.8 Å². The summed E-state index contributed by atoms with van der Waals surface area (Å²) in [5.74, 6) is 0.0288. The highest BCUT2D eigenvalue weighted by molar-refractivity contribution is 5.97. The van der Waals surface area contributed by atoms with Gasteiger partial charge in [-0.2, -0.15) is 0 Å². The van der Waals surface area contributed by atoms with Crippen LogP contribution in [0.25, 0.3) is 0 Å². The molecule has 1 atom stereocenters. The fourth-order valence-electron chi connectivity index (χ4n) is 2.42. The van der Waals surface area contributed by atoms with E-state index in [4.69, 9.17) is 9.47 Å². The molecule has 0 spiro atoms. The number of amides is 2. The van der Waals surface area contributed by atoms with Crippen LogP contribution in [0, 0.1) is 5.92 Å². The second-order valence-corrected chi connectivity index (χ2v) is 5.76. The fourth-order valence-corrected chi connectivity index (χ4v) is 2.42. The second kappa shape index (κ2) is 7.92. The van der Waals surface area contributed by atoms with Gasteiger partial charge in [-0.05, 0) is 19.9 Å². The van der Waals surface area contributed by atoms with Gasteiger partial charge >= 0.3 is 0 Å². The summed E-state index contributed by atoms with van der Waals surface area (Å²) in [5.41, 5.74) is 0.588. The van der Waals surface area contributed by atoms with Crippen LogP contribution in [0.15, 0.2) is 18.3 Å². The summed E-state index contributed by atoms with van der Waals surface area (Å²) in [5, 5.41) is 2.80. The number of rotatable bonds is 7. The molecular weight excluding hydrogens is 298 g/mol. The van der Waals surface area contributed by atoms with Gasteiger partial charge in [-0.25, -0.2) is 4.98 Å². The minimum atomic E-state index is -0.317. The Kier molecular flexibility index (Phi) is 5.92. The molecule has 1 saturated heterocycles. The lowest BCUT2D eigenvalue weighted by atomic mass is 10.1. The van der Waals surface area contributed by atoms with Crippen molar-refractivity contribution < 1.29 is 19.1 Å². The Hall–Kier alpha value is -2.15. The molecule has 2 amide bonds. The summed E-state index contributed by atoms with van der Waals surface area (Å²) in [6.45, 7) is 5.27. The quantitative estimate of drug-likeness (QED) is 0.766. The molecule has 126 valence electrons. The molecule has 0 aromatic carbocycles. The van der Waals surface area contributed by atoms with Crippen LogP contribution in [0.4, 0.5) is 5.69 Å². The number of carbonyl (C=O) groups excluding carboxylic acids is 2. The fraction of sp³-hybridized carbons (Fsp3) is 0.562. The molecule has 1 aliphatic heterocycles. The van der Waals surface area contributed by atoms with E-state index in [1.165, 1.54) is 6.20 Å². The van der Waals surface area contributed by atoms with Crippen LogP contribution < -0.4 is 10.1 Å². The highest BCUT2D eigenvalue weighted by atomic mass is 16.5. The molecule has 2 heterocycles. The van der Waals surface area contributed by atoms with E-state index < -0.39 is 0 Å². The molecule has 0 unspecified atom stereocenters. The SMILES string of the molecule is COCCOc1ccc(NC(=O)[C@@H]2CC(=O)N(C(C)C)C2)cn1. The molecule has 0 saturated carbocycles. The zero-order valence-corrected chi connectivity index (χ0v) is 13.7. The first kappa shape index (κ1) is 17.2. The van der Waals surface area contributed by atoms with Crippen molar-refractivity contribution in [3.63, 3.8) is 0 Å². The van der Waals surface area contributed by atoms with Gasteiger partial charge in [-0.1, -0.05) is 0 Å². The van der Waals surface area contributed by atoms with Crippen molar-refractivity contribution in [3.05, 3.63) is 18.3 Å². The van der Waals surface area contributed by atoms with Crippen molar-refractivity contribution in [2.45, 2.75) is 26.3 Å². The molecule has 2 rings (SSSR count). The average Bonchev–Trinajstić information content (AvgIpc) is 2.91. The van der Waals surface area contributed by atoms with Gasteiger partial charge in [0.15, 0.2) is 0 Å². The minimum Gasteiger partial charge on any atom is -0.475 e. The van der Waals surface area contributed by atoms with Crippen LogP contribution in [-0.4, -0.2) is 54.6 Å². The average molecular weight is 321 g/mol. The monoisotopic (exact) mass is 321 g/mol. The Morgan fingerprint density at radius 1 is 1.43 bits per heavy atom. The Morgan fingerprint density at radius 2 is 2.22 bits per heavy atom. The van der Waals surface area contributed by atoms with Gasteiger partial charge in [0.05, 0.1) is 24.4 Å². The third-order valence-electron chi connectivity index (χ3n) is 3.69. The van der Waals surface area contributed by atoms with Crippen molar-refractivity contribution in [1.82, 2.24) is 9.88 Å². The first-order valence-electron chi connectivity index (χ1n) is 7.69. The summed E-state index contributed by atoms with van der Waals surface area (Å²) in [6.07, 6.45) is 1.80. The predicted molar refractivity (Wildman–Crippen MR) is 85.2 cm³/mol. The summed E-state index contributed by atoms with van der Waals surface area (Å²) >= 11 is 0. The first-order valence-corrected chi connectivity index (χ1v) is 7.69. The number of pyridine rings is 1. The summed E-state index contributed by atoms with van der Waals surface area (Å²) in [6, 6.07) is 3.53. The highest BCUT2D eigenvalue weighted by Crippen LogP contribution is 2.22. The minimum absolute atomic E-state index is 0.0279. The molecule has 1 aromatic heterocycles. The van der Waals surface area contributed by atoms with Crippen molar-refractivity contribution in [2.24, 2.45) is 5.92 Å². The van der Waals surface area contributed by atoms with E-state index in [2.05, 4.69) is 10.3 Å². The van der Waals surface area contributed by atoms with Crippen LogP contribution in [0.3, 0.4) is 0 Å². The van der Waals surface area contributed by atoms with Gasteiger partial charge in [0, 0.05) is 32.2 Å². The Labute approximate surface area is 136 Å². The molecule has 0 bridgehead atoms. The molecule has 7 nitrogen and oxygen atoms in total. The maximum Gasteiger partial charge on any atom is 0.229 e. The van der Waals surface area contributed by atoms with Crippen molar-refractivity contribution in [1.29, 1.82) is 0 Å². The molecule has 23 heavy (non-hydrogen) atoms. The van der Waals surface area contributed by atoms with Gasteiger partial charge < -0.3 is 19.7 Å². The van der Waals surface area contributed by atoms with Crippen molar-refractivity contribution >= 4 is 17.5 Å². The van der Waals surface area contributed by atoms with Crippen LogP contribution in [0.2, 0.25) is 0 Å². The number of anilines is 1. The predicted octanol–water partition coefficient (Wildman–Crippen LogP) is 1.30. The number of ether oxygens (including phenoxy) is 2. The van der Waals surface area contributed by atoms with Gasteiger partial charge in [-0.3, -0.25) is 9.59 Å². The molecule has 7 heteroatoms. The Morgan fingerprint density at radius 3 is 2.78 bits per heavy atom. The molecule has 1 aromatic rings. The van der Waals surface area contributed by atoms with Gasteiger partial charge in [-0.15, -0.1) is 0 Å². The second-order valence-electron chi connectivity index (χ2n) is 5.76. The largest absolute Gasteiger partial charge is 0.475 e. The number of hydrogen-bond donors (Lipinski definition) is 1. The van der Waals surface area contributed by atoms with Gasteiger partial charge in [0.1, 0.15) is 6.61 Å². The topological polar surface area (TPSA) is 80.8 Å². The van der Waals surface area contributed by atoms with E-state index in [1.54, 1.807) is 24.1 Å². The highest BCUT2D eigenvalue weighted by Gasteiger charge is 2.35. The number of methoxy groups -OCH3 is 1. The van der Waals surface area contributed by atoms with E-state index in [-0.39, 0.29) is 30.2 Å². The number of aromatic nitrogens is 1. The lowest BCUT2D eigenvalue weighted by molar-refractivity contribution is -0.129. The normalized spacial score (nSPS) is 17.7. The number of carbonyl (C=O) groups is 2. The molecule has 1 aliphatic rings. The molecule has 1 fully saturated rings. The maximum absolute atomic E-state index is 12.3. The van der Waals surface area contributed by atoms with Crippen molar-refractivity contribution in [3.8, 4) is 5.88 Å². The van der Waals surface area contributed by atoms with Gasteiger partial charge in [0.25, 0.3) is 0 Å². The van der Waals surface area contributed by atoms with Crippen molar-refractivity contribution in [2.75, 3.05) is 32.2 Å². The molecule has 0 aliphatic carbocycles. The van der Waals surface area contributed by atoms with E-state index >= 15 is 0 Å². The summed E-state index contributed by atoms with van der Waals surface area (Å²) < 4.78 is 10.3. The number of hydrogen-bond acceptors (Lipinski definition) is 5. The zero-order chi connectivity index (χ0) is 16.8. The smallest absolute Gasteiger partial charge is 0.229 e. The van der Waals surface area contributed by atoms with Crippen LogP contribution in [-0.2, 0) is 14.3 Å². The number of nitrogens with zero attached hydrogens (tertiary/aromatic N) is 2. The Balaban J connectivity index is 1.87. The Bertz CT molecular complexity index is 545. The molecule has 0 radical (unpaired) electrons.